The van der Waals surface area contributed by atoms with Crippen molar-refractivity contribution in [1.29, 1.82) is 0 Å². The van der Waals surface area contributed by atoms with Crippen molar-refractivity contribution < 1.29 is 27.9 Å². The molecule has 0 radical (unpaired) electrons. The summed E-state index contributed by atoms with van der Waals surface area (Å²) >= 11 is 0. The van der Waals surface area contributed by atoms with Gasteiger partial charge in [0, 0.05) is 13.2 Å². The van der Waals surface area contributed by atoms with Crippen molar-refractivity contribution in [2.75, 3.05) is 11.4 Å². The van der Waals surface area contributed by atoms with Crippen LogP contribution >= 0.6 is 0 Å². The van der Waals surface area contributed by atoms with Crippen molar-refractivity contribution in [1.82, 2.24) is 19.3 Å². The van der Waals surface area contributed by atoms with Crippen LogP contribution in [0.1, 0.15) is 82.7 Å². The van der Waals surface area contributed by atoms with E-state index in [4.69, 9.17) is 4.74 Å². The maximum atomic E-state index is 13.4. The fourth-order valence-corrected chi connectivity index (χ4v) is 6.23. The quantitative estimate of drug-likeness (QED) is 0.271. The van der Waals surface area contributed by atoms with Crippen molar-refractivity contribution in [3.8, 4) is 0 Å². The van der Waals surface area contributed by atoms with Gasteiger partial charge in [-0.15, -0.1) is 0 Å². The van der Waals surface area contributed by atoms with Crippen LogP contribution in [0.2, 0.25) is 0 Å². The van der Waals surface area contributed by atoms with E-state index < -0.39 is 40.3 Å². The van der Waals surface area contributed by atoms with Crippen molar-refractivity contribution in [2.45, 2.75) is 88.3 Å². The molecule has 1 aromatic carbocycles. The van der Waals surface area contributed by atoms with E-state index in [1.165, 1.54) is 48.0 Å². The predicted molar refractivity (Wildman–Crippen MR) is 162 cm³/mol. The fourth-order valence-electron chi connectivity index (χ4n) is 5.04. The molecule has 1 aliphatic rings. The minimum Gasteiger partial charge on any atom is -0.480 e. The number of benzene rings is 1. The minimum atomic E-state index is -4.05. The smallest absolute Gasteiger partial charge is 0.416 e. The summed E-state index contributed by atoms with van der Waals surface area (Å²) in [5.41, 5.74) is 1.89. The molecule has 2 aromatic heterocycles. The number of sulfonamides is 1. The Labute approximate surface area is 253 Å². The zero-order valence-corrected chi connectivity index (χ0v) is 26.2. The second-order valence-corrected chi connectivity index (χ2v) is 13.9. The van der Waals surface area contributed by atoms with E-state index in [9.17, 15) is 23.1 Å². The number of rotatable bonds is 13. The van der Waals surface area contributed by atoms with Crippen LogP contribution in [-0.2, 0) is 38.4 Å². The first-order chi connectivity index (χ1) is 20.2. The Bertz CT molecular complexity index is 1540. The molecule has 11 nitrogen and oxygen atoms in total. The second kappa shape index (κ2) is 12.8. The highest BCUT2D eigenvalue weighted by Crippen LogP contribution is 2.52. The monoisotopic (exact) mass is 611 g/mol. The van der Waals surface area contributed by atoms with E-state index in [2.05, 4.69) is 33.7 Å². The number of hydrogen-bond acceptors (Lipinski definition) is 7. The first kappa shape index (κ1) is 32.2. The van der Waals surface area contributed by atoms with E-state index in [0.717, 1.165) is 23.3 Å². The molecule has 1 aliphatic carbocycles. The molecular weight excluding hydrogens is 570 g/mol. The molecule has 3 aromatic rings. The molecule has 1 fully saturated rings. The number of nitrogens with one attached hydrogen (secondary N) is 1. The van der Waals surface area contributed by atoms with Crippen LogP contribution in [0.4, 0.5) is 10.6 Å². The summed E-state index contributed by atoms with van der Waals surface area (Å²) in [6.45, 7) is 6.54. The van der Waals surface area contributed by atoms with Gasteiger partial charge in [0.05, 0.1) is 18.1 Å². The Kier molecular flexibility index (Phi) is 9.60. The normalized spacial score (nSPS) is 15.1. The third-order valence-electron chi connectivity index (χ3n) is 7.42. The summed E-state index contributed by atoms with van der Waals surface area (Å²) in [7, 11) is -2.37. The molecule has 1 unspecified atom stereocenters. The Morgan fingerprint density at radius 3 is 2.42 bits per heavy atom. The summed E-state index contributed by atoms with van der Waals surface area (Å²) in [4.78, 5) is 34.1. The highest BCUT2D eigenvalue weighted by atomic mass is 32.2. The molecule has 0 spiro atoms. The van der Waals surface area contributed by atoms with Gasteiger partial charge < -0.3 is 14.4 Å². The largest absolute Gasteiger partial charge is 0.480 e. The number of carboxylic acids is 1. The number of carbonyl (C=O) groups is 2. The Balaban J connectivity index is 1.67. The van der Waals surface area contributed by atoms with Crippen LogP contribution in [0.25, 0.3) is 0 Å². The number of anilines is 1. The fraction of sp³-hybridized carbons (Fsp3) is 0.484. The molecule has 4 rings (SSSR count). The zero-order valence-electron chi connectivity index (χ0n) is 25.4. The van der Waals surface area contributed by atoms with Gasteiger partial charge in [0.25, 0.3) is 10.0 Å². The van der Waals surface area contributed by atoms with E-state index >= 15 is 0 Å². The van der Waals surface area contributed by atoms with Crippen molar-refractivity contribution in [3.05, 3.63) is 71.8 Å². The molecule has 1 saturated carbocycles. The topological polar surface area (TPSA) is 144 Å². The maximum Gasteiger partial charge on any atom is 0.416 e. The van der Waals surface area contributed by atoms with Gasteiger partial charge in [-0.3, -0.25) is 9.69 Å². The van der Waals surface area contributed by atoms with Gasteiger partial charge in [-0.2, -0.15) is 0 Å². The van der Waals surface area contributed by atoms with Crippen LogP contribution in [0, 0.1) is 0 Å². The molecule has 2 N–H and O–H groups in total. The van der Waals surface area contributed by atoms with E-state index in [0.29, 0.717) is 5.69 Å². The summed E-state index contributed by atoms with van der Waals surface area (Å²) in [6, 6.07) is 12.2. The number of aliphatic carboxylic acids is 1. The van der Waals surface area contributed by atoms with Gasteiger partial charge in [0.2, 0.25) is 0 Å². The van der Waals surface area contributed by atoms with Gasteiger partial charge in [-0.05, 0) is 75.1 Å². The third-order valence-corrected chi connectivity index (χ3v) is 8.78. The zero-order chi connectivity index (χ0) is 31.4. The standard InChI is InChI=1S/C31H41N5O6S/c1-6-7-15-31(16-17-31)23-13-11-22(12-14-23)18-25(34-43(40,41)27-19-35(5)21-32-27)24-9-8-10-26(33-24)36(20-28(37)38)29(39)42-30(2,3)4/h8-14,19,21,25,34H,6-7,15-18,20H2,1-5H3,(H,37,38). The van der Waals surface area contributed by atoms with Crippen LogP contribution in [0.5, 0.6) is 0 Å². The molecule has 0 bridgehead atoms. The van der Waals surface area contributed by atoms with Gasteiger partial charge in [0.1, 0.15) is 18.0 Å². The van der Waals surface area contributed by atoms with Gasteiger partial charge in [-0.1, -0.05) is 50.1 Å². The van der Waals surface area contributed by atoms with Gasteiger partial charge in [0.15, 0.2) is 5.03 Å². The number of ether oxygens (including phenoxy) is 1. The van der Waals surface area contributed by atoms with Crippen molar-refractivity contribution in [3.63, 3.8) is 0 Å². The molecule has 1 amide bonds. The number of carboxylic acid groups (broad SMARTS) is 1. The molecule has 2 heterocycles. The van der Waals surface area contributed by atoms with Crippen LogP contribution in [0.15, 0.2) is 60.0 Å². The lowest BCUT2D eigenvalue weighted by molar-refractivity contribution is -0.135. The number of aryl methyl sites for hydroxylation is 1. The lowest BCUT2D eigenvalue weighted by Gasteiger charge is -2.26. The highest BCUT2D eigenvalue weighted by Gasteiger charge is 2.43. The summed E-state index contributed by atoms with van der Waals surface area (Å²) in [5, 5.41) is 9.36. The van der Waals surface area contributed by atoms with Crippen molar-refractivity contribution in [2.24, 2.45) is 7.05 Å². The molecule has 43 heavy (non-hydrogen) atoms. The average Bonchev–Trinajstić information content (AvgIpc) is 3.59. The number of imidazole rings is 1. The maximum absolute atomic E-state index is 13.4. The number of carbonyl (C=O) groups excluding carboxylic acids is 1. The SMILES string of the molecule is CCCCC1(c2ccc(CC(NS(=O)(=O)c3cn(C)cn3)c3cccc(N(CC(=O)O)C(=O)OC(C)(C)C)n3)cc2)CC1. The van der Waals surface area contributed by atoms with E-state index in [1.54, 1.807) is 40.0 Å². The average molecular weight is 612 g/mol. The van der Waals surface area contributed by atoms with Crippen LogP contribution < -0.4 is 9.62 Å². The summed E-state index contributed by atoms with van der Waals surface area (Å²) < 4.78 is 36.4. The predicted octanol–water partition coefficient (Wildman–Crippen LogP) is 5.13. The third kappa shape index (κ3) is 8.41. The molecule has 232 valence electrons. The highest BCUT2D eigenvalue weighted by molar-refractivity contribution is 7.89. The Hall–Kier alpha value is -3.77. The lowest BCUT2D eigenvalue weighted by Crippen LogP contribution is -2.40. The van der Waals surface area contributed by atoms with E-state index in [-0.39, 0.29) is 22.7 Å². The van der Waals surface area contributed by atoms with E-state index in [1.807, 2.05) is 12.1 Å². The van der Waals surface area contributed by atoms with Crippen LogP contribution in [0.3, 0.4) is 0 Å². The minimum absolute atomic E-state index is 0.0260. The van der Waals surface area contributed by atoms with Gasteiger partial charge in [-0.25, -0.2) is 27.9 Å². The first-order valence-corrected chi connectivity index (χ1v) is 16.0. The van der Waals surface area contributed by atoms with Gasteiger partial charge >= 0.3 is 12.1 Å². The number of hydrogen-bond donors (Lipinski definition) is 2. The molecule has 0 saturated heterocycles. The van der Waals surface area contributed by atoms with Crippen LogP contribution in [-0.4, -0.2) is 52.3 Å². The number of aromatic nitrogens is 3. The first-order valence-electron chi connectivity index (χ1n) is 14.5. The summed E-state index contributed by atoms with van der Waals surface area (Å²) in [5.74, 6) is -1.23. The number of amides is 1. The molecule has 12 heteroatoms. The number of nitrogens with zero attached hydrogens (tertiary/aromatic N) is 4. The lowest BCUT2D eigenvalue weighted by atomic mass is 9.89. The number of unbranched alkanes of at least 4 members (excludes halogenated alkanes) is 1. The summed E-state index contributed by atoms with van der Waals surface area (Å²) in [6.07, 6.45) is 8.05. The Morgan fingerprint density at radius 1 is 1.16 bits per heavy atom. The molecule has 0 aliphatic heterocycles. The second-order valence-electron chi connectivity index (χ2n) is 12.2. The molecule has 1 atom stereocenters. The van der Waals surface area contributed by atoms with Crippen molar-refractivity contribution >= 4 is 27.9 Å². The Morgan fingerprint density at radius 2 is 1.86 bits per heavy atom. The number of pyridine rings is 1. The molecular formula is C31H41N5O6S.